The van der Waals surface area contributed by atoms with Crippen LogP contribution in [0.3, 0.4) is 0 Å². The summed E-state index contributed by atoms with van der Waals surface area (Å²) in [6.45, 7) is 18.4. The summed E-state index contributed by atoms with van der Waals surface area (Å²) in [6.07, 6.45) is 4.41. The Kier molecular flexibility index (Phi) is 7.69. The van der Waals surface area contributed by atoms with Gasteiger partial charge in [0.05, 0.1) is 0 Å². The van der Waals surface area contributed by atoms with Crippen LogP contribution in [0.5, 0.6) is 0 Å². The van der Waals surface area contributed by atoms with E-state index in [1.807, 2.05) is 6.08 Å². The standard InChI is InChI=1S/C14H30N2/c1-7-10-15-11-9-13(3)16(12-8-2)14(4,5)6/h8,13,15H,2,7,9-12H2,1,3-6H3. The van der Waals surface area contributed by atoms with Crippen molar-refractivity contribution < 1.29 is 0 Å². The van der Waals surface area contributed by atoms with Crippen molar-refractivity contribution in [1.82, 2.24) is 10.2 Å². The lowest BCUT2D eigenvalue weighted by Gasteiger charge is -2.39. The van der Waals surface area contributed by atoms with Crippen LogP contribution in [0, 0.1) is 0 Å². The molecule has 1 unspecified atom stereocenters. The van der Waals surface area contributed by atoms with Crippen molar-refractivity contribution >= 4 is 0 Å². The first-order valence-electron chi connectivity index (χ1n) is 6.51. The van der Waals surface area contributed by atoms with Crippen molar-refractivity contribution in [1.29, 1.82) is 0 Å². The Hall–Kier alpha value is -0.340. The summed E-state index contributed by atoms with van der Waals surface area (Å²) in [5.41, 5.74) is 0.221. The van der Waals surface area contributed by atoms with Gasteiger partial charge in [-0.25, -0.2) is 0 Å². The van der Waals surface area contributed by atoms with Crippen LogP contribution in [0.4, 0.5) is 0 Å². The molecular formula is C14H30N2. The summed E-state index contributed by atoms with van der Waals surface area (Å²) in [5.74, 6) is 0. The lowest BCUT2D eigenvalue weighted by Crippen LogP contribution is -2.47. The van der Waals surface area contributed by atoms with Crippen molar-refractivity contribution in [2.75, 3.05) is 19.6 Å². The van der Waals surface area contributed by atoms with Crippen molar-refractivity contribution in [3.8, 4) is 0 Å². The van der Waals surface area contributed by atoms with Gasteiger partial charge < -0.3 is 5.32 Å². The van der Waals surface area contributed by atoms with Crippen molar-refractivity contribution in [3.63, 3.8) is 0 Å². The maximum absolute atomic E-state index is 3.85. The Balaban J connectivity index is 4.07. The van der Waals surface area contributed by atoms with Gasteiger partial charge in [0.1, 0.15) is 0 Å². The number of nitrogens with one attached hydrogen (secondary N) is 1. The zero-order chi connectivity index (χ0) is 12.6. The Morgan fingerprint density at radius 1 is 1.31 bits per heavy atom. The summed E-state index contributed by atoms with van der Waals surface area (Å²) in [7, 11) is 0. The van der Waals surface area contributed by atoms with Gasteiger partial charge >= 0.3 is 0 Å². The summed E-state index contributed by atoms with van der Waals surface area (Å²) < 4.78 is 0. The molecule has 2 nitrogen and oxygen atoms in total. The number of nitrogens with zero attached hydrogens (tertiary/aromatic N) is 1. The summed E-state index contributed by atoms with van der Waals surface area (Å²) >= 11 is 0. The SMILES string of the molecule is C=CCN(C(C)CCNCCC)C(C)(C)C. The third kappa shape index (κ3) is 6.29. The summed E-state index contributed by atoms with van der Waals surface area (Å²) in [5, 5.41) is 3.46. The van der Waals surface area contributed by atoms with Crippen LogP contribution in [0.2, 0.25) is 0 Å². The van der Waals surface area contributed by atoms with Crippen molar-refractivity contribution in [2.24, 2.45) is 0 Å². The monoisotopic (exact) mass is 226 g/mol. The zero-order valence-corrected chi connectivity index (χ0v) is 11.8. The highest BCUT2D eigenvalue weighted by atomic mass is 15.2. The van der Waals surface area contributed by atoms with Gasteiger partial charge in [0.2, 0.25) is 0 Å². The quantitative estimate of drug-likeness (QED) is 0.505. The lowest BCUT2D eigenvalue weighted by atomic mass is 10.0. The molecule has 1 N–H and O–H groups in total. The minimum Gasteiger partial charge on any atom is -0.317 e. The molecule has 0 amide bonds. The van der Waals surface area contributed by atoms with Gasteiger partial charge in [-0.2, -0.15) is 0 Å². The Morgan fingerprint density at radius 3 is 2.38 bits per heavy atom. The first-order chi connectivity index (χ1) is 7.43. The molecule has 0 heterocycles. The molecule has 0 saturated heterocycles. The highest BCUT2D eigenvalue weighted by molar-refractivity contribution is 4.86. The molecule has 1 atom stereocenters. The van der Waals surface area contributed by atoms with Crippen LogP contribution in [0.15, 0.2) is 12.7 Å². The van der Waals surface area contributed by atoms with Gasteiger partial charge in [-0.1, -0.05) is 13.0 Å². The van der Waals surface area contributed by atoms with Gasteiger partial charge in [-0.05, 0) is 53.6 Å². The Labute approximate surface area is 102 Å². The normalized spacial score (nSPS) is 14.1. The van der Waals surface area contributed by atoms with E-state index in [2.05, 4.69) is 51.4 Å². The van der Waals surface area contributed by atoms with Gasteiger partial charge in [0.25, 0.3) is 0 Å². The van der Waals surface area contributed by atoms with Gasteiger partial charge in [0, 0.05) is 18.1 Å². The Morgan fingerprint density at radius 2 is 1.94 bits per heavy atom. The van der Waals surface area contributed by atoms with Crippen LogP contribution < -0.4 is 5.32 Å². The van der Waals surface area contributed by atoms with Crippen molar-refractivity contribution in [3.05, 3.63) is 12.7 Å². The molecule has 0 aromatic heterocycles. The van der Waals surface area contributed by atoms with Crippen LogP contribution in [0.1, 0.15) is 47.5 Å². The van der Waals surface area contributed by atoms with Crippen LogP contribution in [-0.2, 0) is 0 Å². The second kappa shape index (κ2) is 7.86. The van der Waals surface area contributed by atoms with Crippen LogP contribution in [-0.4, -0.2) is 36.1 Å². The van der Waals surface area contributed by atoms with Crippen LogP contribution >= 0.6 is 0 Å². The fraction of sp³-hybridized carbons (Fsp3) is 0.857. The van der Waals surface area contributed by atoms with E-state index < -0.39 is 0 Å². The fourth-order valence-corrected chi connectivity index (χ4v) is 2.02. The maximum atomic E-state index is 3.85. The summed E-state index contributed by atoms with van der Waals surface area (Å²) in [4.78, 5) is 2.51. The molecular weight excluding hydrogens is 196 g/mol. The van der Waals surface area contributed by atoms with E-state index in [-0.39, 0.29) is 5.54 Å². The van der Waals surface area contributed by atoms with E-state index in [4.69, 9.17) is 0 Å². The number of hydrogen-bond acceptors (Lipinski definition) is 2. The van der Waals surface area contributed by atoms with E-state index in [0.29, 0.717) is 6.04 Å². The molecule has 0 saturated carbocycles. The molecule has 0 aliphatic heterocycles. The molecule has 0 fully saturated rings. The topological polar surface area (TPSA) is 15.3 Å². The minimum atomic E-state index is 0.221. The average Bonchev–Trinajstić information content (AvgIpc) is 2.19. The van der Waals surface area contributed by atoms with E-state index >= 15 is 0 Å². The van der Waals surface area contributed by atoms with Gasteiger partial charge in [-0.15, -0.1) is 6.58 Å². The first-order valence-corrected chi connectivity index (χ1v) is 6.51. The predicted molar refractivity (Wildman–Crippen MR) is 73.9 cm³/mol. The molecule has 0 radical (unpaired) electrons. The fourth-order valence-electron chi connectivity index (χ4n) is 2.02. The molecule has 0 aliphatic rings. The summed E-state index contributed by atoms with van der Waals surface area (Å²) in [6, 6.07) is 0.599. The van der Waals surface area contributed by atoms with E-state index in [9.17, 15) is 0 Å². The molecule has 2 heteroatoms. The zero-order valence-electron chi connectivity index (χ0n) is 11.8. The second-order valence-electron chi connectivity index (χ2n) is 5.50. The maximum Gasteiger partial charge on any atom is 0.0168 e. The third-order valence-electron chi connectivity index (χ3n) is 2.89. The van der Waals surface area contributed by atoms with Crippen molar-refractivity contribution in [2.45, 2.75) is 59.0 Å². The third-order valence-corrected chi connectivity index (χ3v) is 2.89. The highest BCUT2D eigenvalue weighted by Gasteiger charge is 2.24. The van der Waals surface area contributed by atoms with E-state index in [0.717, 1.165) is 19.6 Å². The second-order valence-corrected chi connectivity index (χ2v) is 5.50. The molecule has 0 spiro atoms. The van der Waals surface area contributed by atoms with E-state index in [1.165, 1.54) is 12.8 Å². The molecule has 96 valence electrons. The average molecular weight is 226 g/mol. The largest absolute Gasteiger partial charge is 0.317 e. The van der Waals surface area contributed by atoms with Crippen LogP contribution in [0.25, 0.3) is 0 Å². The van der Waals surface area contributed by atoms with Gasteiger partial charge in [0.15, 0.2) is 0 Å². The molecule has 0 aromatic rings. The Bertz CT molecular complexity index is 182. The molecule has 0 aliphatic carbocycles. The highest BCUT2D eigenvalue weighted by Crippen LogP contribution is 2.18. The van der Waals surface area contributed by atoms with Gasteiger partial charge in [-0.3, -0.25) is 4.90 Å². The number of hydrogen-bond donors (Lipinski definition) is 1. The smallest absolute Gasteiger partial charge is 0.0168 e. The predicted octanol–water partition coefficient (Wildman–Crippen LogP) is 3.05. The minimum absolute atomic E-state index is 0.221. The van der Waals surface area contributed by atoms with E-state index in [1.54, 1.807) is 0 Å². The molecule has 0 aromatic carbocycles. The molecule has 0 rings (SSSR count). The first kappa shape index (κ1) is 15.7. The molecule has 0 bridgehead atoms. The number of rotatable bonds is 8. The molecule has 16 heavy (non-hydrogen) atoms. The lowest BCUT2D eigenvalue weighted by molar-refractivity contribution is 0.101.